The molecule has 0 aliphatic carbocycles. The van der Waals surface area contributed by atoms with Gasteiger partial charge in [-0.3, -0.25) is 20.0 Å². The van der Waals surface area contributed by atoms with Gasteiger partial charge in [0.15, 0.2) is 0 Å². The zero-order chi connectivity index (χ0) is 16.3. The van der Waals surface area contributed by atoms with Gasteiger partial charge in [-0.15, -0.1) is 0 Å². The third-order valence-corrected chi connectivity index (χ3v) is 3.22. The van der Waals surface area contributed by atoms with E-state index in [0.29, 0.717) is 13.0 Å². The number of nitrogens with one attached hydrogen (secondary N) is 1. The molecule has 1 aromatic rings. The standard InChI is InChI=1S/C14H20N4O4/c1-14(2,3)22-13(19)17(10-4-6-15-8-10)11-5-7-16-9-12(11)18(20)21/h5,7,9-10,15H,4,6,8H2,1-3H3. The van der Waals surface area contributed by atoms with Crippen molar-refractivity contribution < 1.29 is 14.5 Å². The monoisotopic (exact) mass is 308 g/mol. The van der Waals surface area contributed by atoms with Crippen molar-refractivity contribution in [2.75, 3.05) is 18.0 Å². The van der Waals surface area contributed by atoms with Crippen molar-refractivity contribution in [3.8, 4) is 0 Å². The summed E-state index contributed by atoms with van der Waals surface area (Å²) in [6.07, 6.45) is 2.70. The molecule has 1 amide bonds. The van der Waals surface area contributed by atoms with Crippen LogP contribution in [0.1, 0.15) is 27.2 Å². The van der Waals surface area contributed by atoms with Crippen molar-refractivity contribution in [1.82, 2.24) is 10.3 Å². The average Bonchev–Trinajstić information content (AvgIpc) is 2.91. The molecule has 1 aliphatic heterocycles. The summed E-state index contributed by atoms with van der Waals surface area (Å²) in [7, 11) is 0. The summed E-state index contributed by atoms with van der Waals surface area (Å²) >= 11 is 0. The number of nitrogens with zero attached hydrogens (tertiary/aromatic N) is 3. The summed E-state index contributed by atoms with van der Waals surface area (Å²) in [5.41, 5.74) is -0.674. The number of hydrogen-bond donors (Lipinski definition) is 1. The Labute approximate surface area is 128 Å². The minimum Gasteiger partial charge on any atom is -0.443 e. The van der Waals surface area contributed by atoms with Gasteiger partial charge in [0.05, 0.1) is 11.0 Å². The lowest BCUT2D eigenvalue weighted by Crippen LogP contribution is -2.45. The van der Waals surface area contributed by atoms with E-state index >= 15 is 0 Å². The Bertz CT molecular complexity index is 564. The molecule has 1 fully saturated rings. The van der Waals surface area contributed by atoms with Crippen LogP contribution in [0.25, 0.3) is 0 Å². The second-order valence-corrected chi connectivity index (χ2v) is 6.12. The number of hydrogen-bond acceptors (Lipinski definition) is 6. The Balaban J connectivity index is 2.40. The Morgan fingerprint density at radius 3 is 2.82 bits per heavy atom. The molecule has 22 heavy (non-hydrogen) atoms. The zero-order valence-electron chi connectivity index (χ0n) is 12.9. The van der Waals surface area contributed by atoms with Gasteiger partial charge in [-0.1, -0.05) is 0 Å². The average molecular weight is 308 g/mol. The van der Waals surface area contributed by atoms with Gasteiger partial charge in [-0.05, 0) is 39.8 Å². The van der Waals surface area contributed by atoms with Crippen molar-refractivity contribution in [2.45, 2.75) is 38.8 Å². The zero-order valence-corrected chi connectivity index (χ0v) is 12.9. The molecule has 2 heterocycles. The molecule has 1 aliphatic rings. The fraction of sp³-hybridized carbons (Fsp3) is 0.571. The van der Waals surface area contributed by atoms with Crippen molar-refractivity contribution in [1.29, 1.82) is 0 Å². The molecule has 120 valence electrons. The lowest BCUT2D eigenvalue weighted by atomic mass is 10.2. The lowest BCUT2D eigenvalue weighted by Gasteiger charge is -2.30. The molecule has 1 atom stereocenters. The van der Waals surface area contributed by atoms with E-state index in [2.05, 4.69) is 10.3 Å². The van der Waals surface area contributed by atoms with Crippen LogP contribution in [0, 0.1) is 10.1 Å². The van der Waals surface area contributed by atoms with Crippen molar-refractivity contribution in [3.05, 3.63) is 28.6 Å². The number of carbonyl (C=O) groups excluding carboxylic acids is 1. The molecule has 0 spiro atoms. The van der Waals surface area contributed by atoms with Crippen LogP contribution in [0.2, 0.25) is 0 Å². The first-order valence-corrected chi connectivity index (χ1v) is 7.11. The van der Waals surface area contributed by atoms with Gasteiger partial charge < -0.3 is 10.1 Å². The maximum atomic E-state index is 12.6. The minimum absolute atomic E-state index is 0.184. The summed E-state index contributed by atoms with van der Waals surface area (Å²) in [5.74, 6) is 0. The summed E-state index contributed by atoms with van der Waals surface area (Å²) < 4.78 is 5.42. The van der Waals surface area contributed by atoms with Crippen LogP contribution < -0.4 is 10.2 Å². The molecule has 1 saturated heterocycles. The predicted molar refractivity (Wildman–Crippen MR) is 80.9 cm³/mol. The fourth-order valence-corrected chi connectivity index (χ4v) is 2.34. The van der Waals surface area contributed by atoms with Gasteiger partial charge in [0.2, 0.25) is 0 Å². The van der Waals surface area contributed by atoms with Crippen LogP contribution in [0.4, 0.5) is 16.2 Å². The summed E-state index contributed by atoms with van der Waals surface area (Å²) in [5, 5.41) is 14.4. The highest BCUT2D eigenvalue weighted by Gasteiger charge is 2.35. The van der Waals surface area contributed by atoms with Crippen molar-refractivity contribution in [2.24, 2.45) is 0 Å². The molecule has 8 heteroatoms. The number of carbonyl (C=O) groups is 1. The van der Waals surface area contributed by atoms with Crippen LogP contribution >= 0.6 is 0 Å². The van der Waals surface area contributed by atoms with E-state index in [1.807, 2.05) is 0 Å². The molecule has 1 N–H and O–H groups in total. The van der Waals surface area contributed by atoms with Crippen LogP contribution in [0.15, 0.2) is 18.5 Å². The normalized spacial score (nSPS) is 18.0. The summed E-state index contributed by atoms with van der Waals surface area (Å²) in [6, 6.07) is 1.29. The van der Waals surface area contributed by atoms with Gasteiger partial charge in [0, 0.05) is 12.7 Å². The van der Waals surface area contributed by atoms with Crippen molar-refractivity contribution in [3.63, 3.8) is 0 Å². The molecule has 8 nitrogen and oxygen atoms in total. The topological polar surface area (TPSA) is 97.6 Å². The predicted octanol–water partition coefficient (Wildman–Crippen LogP) is 2.09. The highest BCUT2D eigenvalue weighted by molar-refractivity contribution is 5.91. The summed E-state index contributed by atoms with van der Waals surface area (Å²) in [4.78, 5) is 28.4. The van der Waals surface area contributed by atoms with Crippen molar-refractivity contribution >= 4 is 17.5 Å². The number of rotatable bonds is 3. The molecule has 0 aromatic carbocycles. The van der Waals surface area contributed by atoms with E-state index in [9.17, 15) is 14.9 Å². The van der Waals surface area contributed by atoms with E-state index in [-0.39, 0.29) is 17.4 Å². The molecule has 1 unspecified atom stereocenters. The van der Waals surface area contributed by atoms with E-state index in [4.69, 9.17) is 4.74 Å². The van der Waals surface area contributed by atoms with E-state index in [1.54, 1.807) is 20.8 Å². The largest absolute Gasteiger partial charge is 0.443 e. The minimum atomic E-state index is -0.677. The SMILES string of the molecule is CC(C)(C)OC(=O)N(c1ccncc1[N+](=O)[O-])C1CCNC1. The maximum absolute atomic E-state index is 12.6. The third-order valence-electron chi connectivity index (χ3n) is 3.22. The summed E-state index contributed by atoms with van der Waals surface area (Å²) in [6.45, 7) is 6.60. The van der Waals surface area contributed by atoms with Gasteiger partial charge >= 0.3 is 11.8 Å². The molecule has 0 saturated carbocycles. The van der Waals surface area contributed by atoms with Crippen LogP contribution in [0.3, 0.4) is 0 Å². The smallest absolute Gasteiger partial charge is 0.415 e. The Morgan fingerprint density at radius 1 is 1.55 bits per heavy atom. The van der Waals surface area contributed by atoms with E-state index in [1.165, 1.54) is 17.2 Å². The molecule has 1 aromatic heterocycles. The first kappa shape index (κ1) is 16.2. The highest BCUT2D eigenvalue weighted by Crippen LogP contribution is 2.31. The van der Waals surface area contributed by atoms with Gasteiger partial charge in [-0.25, -0.2) is 4.79 Å². The number of pyridine rings is 1. The van der Waals surface area contributed by atoms with Crippen LogP contribution in [-0.2, 0) is 4.74 Å². The number of aromatic nitrogens is 1. The Kier molecular flexibility index (Phi) is 4.60. The molecule has 0 radical (unpaired) electrons. The van der Waals surface area contributed by atoms with Crippen LogP contribution in [0.5, 0.6) is 0 Å². The van der Waals surface area contributed by atoms with E-state index < -0.39 is 16.6 Å². The number of ether oxygens (including phenoxy) is 1. The number of amides is 1. The molecular formula is C14H20N4O4. The van der Waals surface area contributed by atoms with E-state index in [0.717, 1.165) is 12.7 Å². The second kappa shape index (κ2) is 6.27. The molecule has 0 bridgehead atoms. The first-order valence-electron chi connectivity index (χ1n) is 7.11. The first-order chi connectivity index (χ1) is 10.3. The van der Waals surface area contributed by atoms with Gasteiger partial charge in [0.1, 0.15) is 17.5 Å². The third kappa shape index (κ3) is 3.70. The second-order valence-electron chi connectivity index (χ2n) is 6.12. The molecule has 2 rings (SSSR count). The van der Waals surface area contributed by atoms with Crippen LogP contribution in [-0.4, -0.2) is 40.7 Å². The highest BCUT2D eigenvalue weighted by atomic mass is 16.6. The number of anilines is 1. The van der Waals surface area contributed by atoms with Gasteiger partial charge in [0.25, 0.3) is 0 Å². The lowest BCUT2D eigenvalue weighted by molar-refractivity contribution is -0.384. The number of nitro groups is 1. The van der Waals surface area contributed by atoms with Gasteiger partial charge in [-0.2, -0.15) is 0 Å². The quantitative estimate of drug-likeness (QED) is 0.678. The maximum Gasteiger partial charge on any atom is 0.415 e. The Morgan fingerprint density at radius 2 is 2.27 bits per heavy atom. The Hall–Kier alpha value is -2.22. The fourth-order valence-electron chi connectivity index (χ4n) is 2.34. The molecular weight excluding hydrogens is 288 g/mol.